The van der Waals surface area contributed by atoms with Gasteiger partial charge in [0.2, 0.25) is 0 Å². The summed E-state index contributed by atoms with van der Waals surface area (Å²) in [6.07, 6.45) is 1.13. The molecule has 0 bridgehead atoms. The first-order chi connectivity index (χ1) is 7.13. The Kier molecular flexibility index (Phi) is 3.82. The number of carbonyl (C=O) groups excluding carboxylic acids is 1. The largest absolute Gasteiger partial charge is 0.370 e. The summed E-state index contributed by atoms with van der Waals surface area (Å²) in [4.78, 5) is 14.4. The van der Waals surface area contributed by atoms with Crippen LogP contribution >= 0.6 is 0 Å². The molecule has 0 aromatic heterocycles. The van der Waals surface area contributed by atoms with Crippen molar-refractivity contribution in [1.29, 1.82) is 0 Å². The third kappa shape index (κ3) is 3.40. The minimum atomic E-state index is -0.527. The third-order valence-electron chi connectivity index (χ3n) is 1.87. The highest BCUT2D eigenvalue weighted by atomic mass is 16.1. The molecule has 1 aromatic rings. The Balaban J connectivity index is 2.96. The van der Waals surface area contributed by atoms with Gasteiger partial charge < -0.3 is 22.0 Å². The van der Waals surface area contributed by atoms with E-state index in [1.54, 1.807) is 6.07 Å². The van der Waals surface area contributed by atoms with E-state index in [2.05, 4.69) is 4.99 Å². The van der Waals surface area contributed by atoms with E-state index in [0.29, 0.717) is 18.4 Å². The summed E-state index contributed by atoms with van der Waals surface area (Å²) >= 11 is 0. The summed E-state index contributed by atoms with van der Waals surface area (Å²) in [7, 11) is 0. The van der Waals surface area contributed by atoms with Crippen LogP contribution in [-0.2, 0) is 11.2 Å². The average Bonchev–Trinajstić information content (AvgIpc) is 2.20. The number of aldehydes is 1. The van der Waals surface area contributed by atoms with Crippen LogP contribution in [0.5, 0.6) is 0 Å². The summed E-state index contributed by atoms with van der Waals surface area (Å²) in [6.45, 7) is 0. The molecule has 0 saturated carbocycles. The maximum atomic E-state index is 10.4. The van der Waals surface area contributed by atoms with Crippen LogP contribution in [-0.4, -0.2) is 18.3 Å². The molecule has 0 aliphatic rings. The van der Waals surface area contributed by atoms with Crippen molar-refractivity contribution in [2.75, 3.05) is 0 Å². The molecular weight excluding hydrogens is 192 g/mol. The molecule has 0 fully saturated rings. The molecule has 0 heterocycles. The number of aliphatic imine (C=N–C) groups is 1. The van der Waals surface area contributed by atoms with Gasteiger partial charge in [0.05, 0.1) is 11.7 Å². The van der Waals surface area contributed by atoms with Crippen LogP contribution in [0.3, 0.4) is 0 Å². The third-order valence-corrected chi connectivity index (χ3v) is 1.87. The number of rotatable bonds is 4. The van der Waals surface area contributed by atoms with E-state index in [4.69, 9.17) is 17.2 Å². The van der Waals surface area contributed by atoms with Crippen LogP contribution in [0, 0.1) is 0 Å². The van der Waals surface area contributed by atoms with Crippen molar-refractivity contribution in [3.63, 3.8) is 0 Å². The van der Waals surface area contributed by atoms with Gasteiger partial charge >= 0.3 is 0 Å². The molecule has 1 unspecified atom stereocenters. The first-order valence-corrected chi connectivity index (χ1v) is 4.52. The Morgan fingerprint density at radius 2 is 2.07 bits per heavy atom. The van der Waals surface area contributed by atoms with Gasteiger partial charge in [0, 0.05) is 0 Å². The number of benzene rings is 1. The summed E-state index contributed by atoms with van der Waals surface area (Å²) in [5.74, 6) is -0.0119. The number of nitrogens with zero attached hydrogens (tertiary/aromatic N) is 1. The average molecular weight is 206 g/mol. The minimum Gasteiger partial charge on any atom is -0.370 e. The zero-order chi connectivity index (χ0) is 11.3. The van der Waals surface area contributed by atoms with E-state index in [9.17, 15) is 4.79 Å². The first kappa shape index (κ1) is 11.2. The summed E-state index contributed by atoms with van der Waals surface area (Å²) < 4.78 is 0. The van der Waals surface area contributed by atoms with Gasteiger partial charge in [-0.3, -0.25) is 0 Å². The predicted molar refractivity (Wildman–Crippen MR) is 59.7 cm³/mol. The van der Waals surface area contributed by atoms with Gasteiger partial charge in [0.25, 0.3) is 0 Å². The highest BCUT2D eigenvalue weighted by molar-refractivity contribution is 5.79. The molecule has 0 radical (unpaired) electrons. The van der Waals surface area contributed by atoms with E-state index in [1.165, 1.54) is 0 Å². The molecule has 1 aromatic carbocycles. The number of hydrogen-bond donors (Lipinski definition) is 3. The fraction of sp³-hybridized carbons (Fsp3) is 0.200. The van der Waals surface area contributed by atoms with Gasteiger partial charge in [-0.1, -0.05) is 18.2 Å². The molecule has 0 aliphatic carbocycles. The summed E-state index contributed by atoms with van der Waals surface area (Å²) in [5, 5.41) is 0. The number of hydrogen-bond acceptors (Lipinski definition) is 3. The lowest BCUT2D eigenvalue weighted by atomic mass is 10.1. The summed E-state index contributed by atoms with van der Waals surface area (Å²) in [6, 6.07) is 6.74. The predicted octanol–water partition coefficient (Wildman–Crippen LogP) is -0.340. The van der Waals surface area contributed by atoms with Gasteiger partial charge in [-0.15, -0.1) is 0 Å². The van der Waals surface area contributed by atoms with Gasteiger partial charge in [-0.05, 0) is 18.1 Å². The Morgan fingerprint density at radius 3 is 2.67 bits per heavy atom. The molecule has 5 nitrogen and oxygen atoms in total. The number of carbonyl (C=O) groups is 1. The van der Waals surface area contributed by atoms with E-state index in [-0.39, 0.29) is 5.96 Å². The Hall–Kier alpha value is -1.88. The maximum Gasteiger partial charge on any atom is 0.191 e. The van der Waals surface area contributed by atoms with E-state index >= 15 is 0 Å². The van der Waals surface area contributed by atoms with Gasteiger partial charge in [0.15, 0.2) is 5.96 Å². The van der Waals surface area contributed by atoms with Crippen LogP contribution in [0.15, 0.2) is 29.3 Å². The fourth-order valence-electron chi connectivity index (χ4n) is 1.23. The maximum absolute atomic E-state index is 10.4. The fourth-order valence-corrected chi connectivity index (χ4v) is 1.23. The van der Waals surface area contributed by atoms with E-state index < -0.39 is 6.04 Å². The Bertz CT molecular complexity index is 371. The lowest BCUT2D eigenvalue weighted by Crippen LogP contribution is -2.24. The molecule has 5 heteroatoms. The lowest BCUT2D eigenvalue weighted by molar-refractivity contribution is -0.108. The number of para-hydroxylation sites is 1. The molecule has 1 atom stereocenters. The molecule has 80 valence electrons. The topological polar surface area (TPSA) is 107 Å². The van der Waals surface area contributed by atoms with Crippen molar-refractivity contribution >= 4 is 17.9 Å². The van der Waals surface area contributed by atoms with Crippen LogP contribution < -0.4 is 17.2 Å². The zero-order valence-corrected chi connectivity index (χ0v) is 8.26. The first-order valence-electron chi connectivity index (χ1n) is 4.52. The minimum absolute atomic E-state index is 0.0119. The molecule has 0 aliphatic heterocycles. The highest BCUT2D eigenvalue weighted by Gasteiger charge is 2.06. The quantitative estimate of drug-likeness (QED) is 0.356. The second-order valence-electron chi connectivity index (χ2n) is 3.17. The van der Waals surface area contributed by atoms with Crippen molar-refractivity contribution in [2.45, 2.75) is 12.5 Å². The standard InChI is InChI=1S/C10H14N4O/c11-8(6-15)5-7-3-1-2-4-9(7)14-10(12)13/h1-4,6,8H,5,11H2,(H4,12,13,14). The van der Waals surface area contributed by atoms with Gasteiger partial charge in [0.1, 0.15) is 6.29 Å². The molecule has 6 N–H and O–H groups in total. The molecule has 0 amide bonds. The van der Waals surface area contributed by atoms with Crippen molar-refractivity contribution in [1.82, 2.24) is 0 Å². The molecule has 0 spiro atoms. The van der Waals surface area contributed by atoms with Crippen molar-refractivity contribution in [3.05, 3.63) is 29.8 Å². The van der Waals surface area contributed by atoms with Crippen LogP contribution in [0.1, 0.15) is 5.56 Å². The number of guanidine groups is 1. The SMILES string of the molecule is NC(N)=Nc1ccccc1CC(N)C=O. The molecule has 15 heavy (non-hydrogen) atoms. The zero-order valence-electron chi connectivity index (χ0n) is 8.26. The van der Waals surface area contributed by atoms with E-state index in [0.717, 1.165) is 5.56 Å². The number of nitrogens with two attached hydrogens (primary N) is 3. The second-order valence-corrected chi connectivity index (χ2v) is 3.17. The van der Waals surface area contributed by atoms with Gasteiger partial charge in [-0.2, -0.15) is 0 Å². The van der Waals surface area contributed by atoms with Gasteiger partial charge in [-0.25, -0.2) is 4.99 Å². The Morgan fingerprint density at radius 1 is 1.40 bits per heavy atom. The monoisotopic (exact) mass is 206 g/mol. The van der Waals surface area contributed by atoms with Crippen LogP contribution in [0.4, 0.5) is 5.69 Å². The van der Waals surface area contributed by atoms with Crippen molar-refractivity contribution in [3.8, 4) is 0 Å². The smallest absolute Gasteiger partial charge is 0.191 e. The second kappa shape index (κ2) is 5.11. The Labute approximate surface area is 88.0 Å². The summed E-state index contributed by atoms with van der Waals surface area (Å²) in [5.41, 5.74) is 17.6. The highest BCUT2D eigenvalue weighted by Crippen LogP contribution is 2.19. The van der Waals surface area contributed by atoms with Crippen molar-refractivity contribution < 1.29 is 4.79 Å². The van der Waals surface area contributed by atoms with Crippen LogP contribution in [0.2, 0.25) is 0 Å². The van der Waals surface area contributed by atoms with Crippen molar-refractivity contribution in [2.24, 2.45) is 22.2 Å². The van der Waals surface area contributed by atoms with Crippen LogP contribution in [0.25, 0.3) is 0 Å². The molecule has 0 saturated heterocycles. The van der Waals surface area contributed by atoms with E-state index in [1.807, 2.05) is 18.2 Å². The molecule has 1 rings (SSSR count). The normalized spacial score (nSPS) is 11.8. The lowest BCUT2D eigenvalue weighted by Gasteiger charge is -2.07. The molecular formula is C10H14N4O.